The Hall–Kier alpha value is -1.62. The highest BCUT2D eigenvalue weighted by Crippen LogP contribution is 2.18. The highest BCUT2D eigenvalue weighted by molar-refractivity contribution is 5.94. The number of rotatable bonds is 4. The minimum Gasteiger partial charge on any atom is -0.391 e. The topological polar surface area (TPSA) is 74.2 Å². The summed E-state index contributed by atoms with van der Waals surface area (Å²) in [5.41, 5.74) is 0.527. The van der Waals surface area contributed by atoms with E-state index in [0.29, 0.717) is 5.56 Å². The van der Waals surface area contributed by atoms with E-state index in [1.54, 1.807) is 18.3 Å². The summed E-state index contributed by atoms with van der Waals surface area (Å²) in [5.74, 6) is 0.596. The molecule has 1 amide bonds. The zero-order valence-electron chi connectivity index (χ0n) is 11.2. The van der Waals surface area contributed by atoms with Crippen molar-refractivity contribution in [3.05, 3.63) is 23.9 Å². The van der Waals surface area contributed by atoms with Crippen LogP contribution >= 0.6 is 0 Å². The maximum atomic E-state index is 12.0. The molecule has 1 fully saturated rings. The number of anilines is 1. The van der Waals surface area contributed by atoms with Gasteiger partial charge in [-0.3, -0.25) is 4.79 Å². The maximum Gasteiger partial charge on any atom is 0.253 e. The minimum atomic E-state index is -0.424. The average molecular weight is 263 g/mol. The lowest BCUT2D eigenvalue weighted by atomic mass is 9.92. The van der Waals surface area contributed by atoms with Crippen LogP contribution in [0, 0.1) is 0 Å². The molecule has 0 aliphatic heterocycles. The smallest absolute Gasteiger partial charge is 0.253 e. The van der Waals surface area contributed by atoms with Gasteiger partial charge in [-0.1, -0.05) is 12.8 Å². The number of nitrogens with one attached hydrogen (secondary N) is 2. The monoisotopic (exact) mass is 263 g/mol. The van der Waals surface area contributed by atoms with Crippen LogP contribution in [0.15, 0.2) is 18.3 Å². The van der Waals surface area contributed by atoms with Crippen molar-refractivity contribution in [1.82, 2.24) is 10.3 Å². The van der Waals surface area contributed by atoms with Crippen LogP contribution in [-0.2, 0) is 0 Å². The largest absolute Gasteiger partial charge is 0.391 e. The van der Waals surface area contributed by atoms with Gasteiger partial charge >= 0.3 is 0 Å². The first-order valence-corrected chi connectivity index (χ1v) is 6.89. The van der Waals surface area contributed by atoms with E-state index in [-0.39, 0.29) is 11.9 Å². The maximum absolute atomic E-state index is 12.0. The summed E-state index contributed by atoms with van der Waals surface area (Å²) in [5, 5.41) is 15.8. The summed E-state index contributed by atoms with van der Waals surface area (Å²) in [4.78, 5) is 16.2. The summed E-state index contributed by atoms with van der Waals surface area (Å²) in [7, 11) is 0. The van der Waals surface area contributed by atoms with Crippen molar-refractivity contribution in [3.63, 3.8) is 0 Å². The highest BCUT2D eigenvalue weighted by atomic mass is 16.3. The molecule has 2 unspecified atom stereocenters. The van der Waals surface area contributed by atoms with Crippen LogP contribution < -0.4 is 10.6 Å². The Labute approximate surface area is 113 Å². The fraction of sp³-hybridized carbons (Fsp3) is 0.571. The molecule has 5 heteroatoms. The van der Waals surface area contributed by atoms with E-state index in [1.165, 1.54) is 0 Å². The molecule has 1 aliphatic carbocycles. The van der Waals surface area contributed by atoms with Gasteiger partial charge in [-0.15, -0.1) is 0 Å². The van der Waals surface area contributed by atoms with Crippen molar-refractivity contribution >= 4 is 11.7 Å². The van der Waals surface area contributed by atoms with Crippen molar-refractivity contribution in [3.8, 4) is 0 Å². The van der Waals surface area contributed by atoms with Gasteiger partial charge in [-0.2, -0.15) is 0 Å². The third kappa shape index (κ3) is 3.67. The van der Waals surface area contributed by atoms with E-state index in [1.807, 2.05) is 6.92 Å². The zero-order valence-corrected chi connectivity index (χ0v) is 11.2. The number of aliphatic hydroxyl groups is 1. The van der Waals surface area contributed by atoms with Crippen molar-refractivity contribution < 1.29 is 9.90 Å². The van der Waals surface area contributed by atoms with Crippen LogP contribution in [0.1, 0.15) is 43.0 Å². The van der Waals surface area contributed by atoms with Gasteiger partial charge in [0, 0.05) is 12.7 Å². The first-order chi connectivity index (χ1) is 9.20. The molecule has 1 aromatic rings. The molecule has 1 aromatic heterocycles. The van der Waals surface area contributed by atoms with E-state index in [2.05, 4.69) is 15.6 Å². The predicted molar refractivity (Wildman–Crippen MR) is 74.1 cm³/mol. The second-order valence-corrected chi connectivity index (χ2v) is 4.89. The van der Waals surface area contributed by atoms with Crippen LogP contribution in [0.3, 0.4) is 0 Å². The molecule has 104 valence electrons. The molecule has 0 aromatic carbocycles. The fourth-order valence-electron chi connectivity index (χ4n) is 2.35. The van der Waals surface area contributed by atoms with E-state index in [0.717, 1.165) is 38.0 Å². The summed E-state index contributed by atoms with van der Waals surface area (Å²) >= 11 is 0. The van der Waals surface area contributed by atoms with Crippen LogP contribution in [0.2, 0.25) is 0 Å². The summed E-state index contributed by atoms with van der Waals surface area (Å²) in [6, 6.07) is 3.40. The molecular formula is C14H21N3O2. The van der Waals surface area contributed by atoms with E-state index < -0.39 is 6.10 Å². The minimum absolute atomic E-state index is 0.130. The average Bonchev–Trinajstić information content (AvgIpc) is 2.42. The van der Waals surface area contributed by atoms with E-state index in [4.69, 9.17) is 0 Å². The zero-order chi connectivity index (χ0) is 13.7. The lowest BCUT2D eigenvalue weighted by Gasteiger charge is -2.28. The highest BCUT2D eigenvalue weighted by Gasteiger charge is 2.24. The van der Waals surface area contributed by atoms with Gasteiger partial charge in [0.25, 0.3) is 5.91 Å². The number of nitrogens with zero attached hydrogens (tertiary/aromatic N) is 1. The van der Waals surface area contributed by atoms with Gasteiger partial charge in [0.2, 0.25) is 0 Å². The molecule has 0 radical (unpaired) electrons. The third-order valence-electron chi connectivity index (χ3n) is 3.43. The molecular weight excluding hydrogens is 242 g/mol. The SMILES string of the molecule is CCNc1ccc(C(=O)NC2CCCCC2O)cn1. The molecule has 1 saturated carbocycles. The first-order valence-electron chi connectivity index (χ1n) is 6.89. The van der Waals surface area contributed by atoms with Gasteiger partial charge in [0.1, 0.15) is 5.82 Å². The Morgan fingerprint density at radius 2 is 2.21 bits per heavy atom. The summed E-state index contributed by atoms with van der Waals surface area (Å²) < 4.78 is 0. The molecule has 2 rings (SSSR count). The lowest BCUT2D eigenvalue weighted by Crippen LogP contribution is -2.45. The normalized spacial score (nSPS) is 22.8. The Kier molecular flexibility index (Phi) is 4.74. The van der Waals surface area contributed by atoms with Gasteiger partial charge in [-0.25, -0.2) is 4.98 Å². The predicted octanol–water partition coefficient (Wildman–Crippen LogP) is 1.55. The van der Waals surface area contributed by atoms with E-state index in [9.17, 15) is 9.90 Å². The number of aliphatic hydroxyl groups excluding tert-OH is 1. The number of pyridine rings is 1. The molecule has 0 bridgehead atoms. The fourth-order valence-corrected chi connectivity index (χ4v) is 2.35. The Bertz CT molecular complexity index is 419. The molecule has 1 heterocycles. The van der Waals surface area contributed by atoms with Gasteiger partial charge in [0.15, 0.2) is 0 Å². The Morgan fingerprint density at radius 1 is 1.42 bits per heavy atom. The first kappa shape index (κ1) is 13.8. The third-order valence-corrected chi connectivity index (χ3v) is 3.43. The number of hydrogen-bond donors (Lipinski definition) is 3. The number of carbonyl (C=O) groups is 1. The van der Waals surface area contributed by atoms with Gasteiger partial charge < -0.3 is 15.7 Å². The lowest BCUT2D eigenvalue weighted by molar-refractivity contribution is 0.0717. The molecule has 0 saturated heterocycles. The van der Waals surface area contributed by atoms with Crippen molar-refractivity contribution in [2.24, 2.45) is 0 Å². The second-order valence-electron chi connectivity index (χ2n) is 4.89. The van der Waals surface area contributed by atoms with Gasteiger partial charge in [0.05, 0.1) is 17.7 Å². The van der Waals surface area contributed by atoms with Crippen LogP contribution in [0.5, 0.6) is 0 Å². The van der Waals surface area contributed by atoms with E-state index >= 15 is 0 Å². The van der Waals surface area contributed by atoms with Gasteiger partial charge in [-0.05, 0) is 31.9 Å². The van der Waals surface area contributed by atoms with Crippen LogP contribution in [0.4, 0.5) is 5.82 Å². The summed E-state index contributed by atoms with van der Waals surface area (Å²) in [6.45, 7) is 2.79. The molecule has 1 aliphatic rings. The quantitative estimate of drug-likeness (QED) is 0.770. The van der Waals surface area contributed by atoms with Crippen LogP contribution in [-0.4, -0.2) is 34.7 Å². The number of hydrogen-bond acceptors (Lipinski definition) is 4. The van der Waals surface area contributed by atoms with Crippen LogP contribution in [0.25, 0.3) is 0 Å². The Morgan fingerprint density at radius 3 is 2.84 bits per heavy atom. The molecule has 2 atom stereocenters. The van der Waals surface area contributed by atoms with Crippen molar-refractivity contribution in [2.75, 3.05) is 11.9 Å². The number of aromatic nitrogens is 1. The molecule has 0 spiro atoms. The number of carbonyl (C=O) groups excluding carboxylic acids is 1. The molecule has 3 N–H and O–H groups in total. The molecule has 5 nitrogen and oxygen atoms in total. The van der Waals surface area contributed by atoms with Crippen molar-refractivity contribution in [1.29, 1.82) is 0 Å². The summed E-state index contributed by atoms with van der Waals surface area (Å²) in [6.07, 6.45) is 4.83. The second kappa shape index (κ2) is 6.52. The number of amides is 1. The Balaban J connectivity index is 1.95. The standard InChI is InChI=1S/C14H21N3O2/c1-2-15-13-8-7-10(9-16-13)14(19)17-11-5-3-4-6-12(11)18/h7-9,11-12,18H,2-6H2,1H3,(H,15,16)(H,17,19). The molecule has 19 heavy (non-hydrogen) atoms. The van der Waals surface area contributed by atoms with Crippen molar-refractivity contribution in [2.45, 2.75) is 44.8 Å².